The van der Waals surface area contributed by atoms with Crippen LogP contribution in [0.5, 0.6) is 0 Å². The second-order valence-electron chi connectivity index (χ2n) is 6.62. The maximum atomic E-state index is 2.12. The molecule has 0 heterocycles. The SMILES string of the molecule is [Fe+2].[Fe+2].[Zr+2].c1cc[c-](-[c-]2cccc2)c1.c1cc[c-](-[c-]2cccc2)c1.c1cc[cH-]c1.c1cc[cH-]c1. The Labute approximate surface area is 238 Å². The molecule has 0 saturated carbocycles. The van der Waals surface area contributed by atoms with E-state index in [0.29, 0.717) is 0 Å². The minimum atomic E-state index is 0. The van der Waals surface area contributed by atoms with E-state index in [-0.39, 0.29) is 60.3 Å². The van der Waals surface area contributed by atoms with Crippen molar-refractivity contribution in [2.45, 2.75) is 0 Å². The zero-order valence-electron chi connectivity index (χ0n) is 18.2. The third kappa shape index (κ3) is 12.2. The van der Waals surface area contributed by atoms with Crippen molar-refractivity contribution in [3.8, 4) is 22.3 Å². The van der Waals surface area contributed by atoms with Crippen LogP contribution in [0.1, 0.15) is 0 Å². The van der Waals surface area contributed by atoms with Gasteiger partial charge in [0.2, 0.25) is 0 Å². The van der Waals surface area contributed by atoms with Crippen molar-refractivity contribution in [3.05, 3.63) is 158 Å². The van der Waals surface area contributed by atoms with Crippen LogP contribution in [-0.4, -0.2) is 0 Å². The average molecular weight is 589 g/mol. The fourth-order valence-corrected chi connectivity index (χ4v) is 2.91. The smallest absolute Gasteiger partial charge is 0.214 e. The van der Waals surface area contributed by atoms with Gasteiger partial charge >= 0.3 is 60.3 Å². The number of rotatable bonds is 2. The zero-order valence-corrected chi connectivity index (χ0v) is 22.9. The van der Waals surface area contributed by atoms with Crippen molar-refractivity contribution in [1.82, 2.24) is 0 Å². The van der Waals surface area contributed by atoms with E-state index in [9.17, 15) is 0 Å². The molecule has 0 N–H and O–H groups in total. The van der Waals surface area contributed by atoms with Crippen molar-refractivity contribution in [1.29, 1.82) is 0 Å². The molecular formula is C30H26Fe2Zr. The van der Waals surface area contributed by atoms with Crippen LogP contribution in [0.25, 0.3) is 22.3 Å². The molecule has 166 valence electrons. The Hall–Kier alpha value is -1.98. The zero-order chi connectivity index (χ0) is 20.7. The van der Waals surface area contributed by atoms with Gasteiger partial charge in [-0.25, -0.2) is 24.3 Å². The molecule has 0 aliphatic rings. The molecule has 0 saturated heterocycles. The summed E-state index contributed by atoms with van der Waals surface area (Å²) in [4.78, 5) is 0. The Balaban J connectivity index is 0.000000420. The first-order chi connectivity index (χ1) is 14.9. The number of hydrogen-bond acceptors (Lipinski definition) is 0. The van der Waals surface area contributed by atoms with E-state index in [1.165, 1.54) is 22.3 Å². The quantitative estimate of drug-likeness (QED) is 0.141. The molecular weight excluding hydrogens is 563 g/mol. The molecule has 6 aromatic rings. The molecule has 6 rings (SSSR count). The van der Waals surface area contributed by atoms with Crippen LogP contribution in [0.3, 0.4) is 0 Å². The van der Waals surface area contributed by atoms with Gasteiger partial charge in [0.15, 0.2) is 0 Å². The molecule has 0 fully saturated rings. The summed E-state index contributed by atoms with van der Waals surface area (Å²) in [6.45, 7) is 0. The molecule has 0 nitrogen and oxygen atoms in total. The molecule has 0 spiro atoms. The second-order valence-corrected chi connectivity index (χ2v) is 6.62. The molecule has 6 aromatic carbocycles. The van der Waals surface area contributed by atoms with Gasteiger partial charge in [-0.2, -0.15) is 156 Å². The predicted octanol–water partition coefficient (Wildman–Crippen LogP) is 8.39. The van der Waals surface area contributed by atoms with Gasteiger partial charge in [0.05, 0.1) is 0 Å². The maximum absolute atomic E-state index is 2.12. The van der Waals surface area contributed by atoms with Crippen LogP contribution in [0.4, 0.5) is 0 Å². The Morgan fingerprint density at radius 1 is 0.303 bits per heavy atom. The first-order valence-electron chi connectivity index (χ1n) is 10.1. The van der Waals surface area contributed by atoms with Crippen molar-refractivity contribution in [2.75, 3.05) is 0 Å². The van der Waals surface area contributed by atoms with Crippen molar-refractivity contribution in [2.24, 2.45) is 0 Å². The predicted molar refractivity (Wildman–Crippen MR) is 130 cm³/mol. The minimum absolute atomic E-state index is 0. The van der Waals surface area contributed by atoms with Crippen LogP contribution in [-0.2, 0) is 60.3 Å². The van der Waals surface area contributed by atoms with E-state index >= 15 is 0 Å². The normalized spacial score (nSPS) is 8.48. The molecule has 0 atom stereocenters. The third-order valence-corrected chi connectivity index (χ3v) is 4.43. The summed E-state index contributed by atoms with van der Waals surface area (Å²) >= 11 is 0. The third-order valence-electron chi connectivity index (χ3n) is 4.43. The van der Waals surface area contributed by atoms with Crippen LogP contribution in [0, 0.1) is 0 Å². The maximum Gasteiger partial charge on any atom is 2.00 e. The van der Waals surface area contributed by atoms with Crippen LogP contribution in [0.2, 0.25) is 0 Å². The van der Waals surface area contributed by atoms with Crippen LogP contribution >= 0.6 is 0 Å². The van der Waals surface area contributed by atoms with E-state index in [1.54, 1.807) is 0 Å². The molecule has 0 amide bonds. The molecule has 3 heteroatoms. The number of hydrogen-bond donors (Lipinski definition) is 0. The van der Waals surface area contributed by atoms with Gasteiger partial charge in [-0.3, -0.25) is 0 Å². The first kappa shape index (κ1) is 31.0. The minimum Gasteiger partial charge on any atom is -0.214 e. The van der Waals surface area contributed by atoms with E-state index in [2.05, 4.69) is 97.1 Å². The van der Waals surface area contributed by atoms with E-state index < -0.39 is 0 Å². The molecule has 0 aromatic heterocycles. The van der Waals surface area contributed by atoms with Gasteiger partial charge in [0.1, 0.15) is 0 Å². The van der Waals surface area contributed by atoms with E-state index in [4.69, 9.17) is 0 Å². The van der Waals surface area contributed by atoms with Gasteiger partial charge in [0, 0.05) is 0 Å². The monoisotopic (exact) mass is 588 g/mol. The Morgan fingerprint density at radius 2 is 0.485 bits per heavy atom. The summed E-state index contributed by atoms with van der Waals surface area (Å²) in [7, 11) is 0. The van der Waals surface area contributed by atoms with Gasteiger partial charge in [-0.1, -0.05) is 0 Å². The fourth-order valence-electron chi connectivity index (χ4n) is 2.91. The summed E-state index contributed by atoms with van der Waals surface area (Å²) in [6, 6.07) is 53.4. The summed E-state index contributed by atoms with van der Waals surface area (Å²) < 4.78 is 0. The van der Waals surface area contributed by atoms with Crippen LogP contribution < -0.4 is 0 Å². The van der Waals surface area contributed by atoms with E-state index in [0.717, 1.165) is 0 Å². The largest absolute Gasteiger partial charge is 2.00 e. The average Bonchev–Trinajstić information content (AvgIpc) is 3.68. The summed E-state index contributed by atoms with van der Waals surface area (Å²) in [5, 5.41) is 0. The molecule has 0 aliphatic heterocycles. The Bertz CT molecular complexity index is 857. The van der Waals surface area contributed by atoms with Gasteiger partial charge in [0.25, 0.3) is 0 Å². The van der Waals surface area contributed by atoms with Gasteiger partial charge < -0.3 is 0 Å². The van der Waals surface area contributed by atoms with Gasteiger partial charge in [-0.05, 0) is 0 Å². The van der Waals surface area contributed by atoms with E-state index in [1.807, 2.05) is 60.7 Å². The fraction of sp³-hybridized carbons (Fsp3) is 0. The van der Waals surface area contributed by atoms with Crippen LogP contribution in [0.15, 0.2) is 158 Å². The summed E-state index contributed by atoms with van der Waals surface area (Å²) in [5.74, 6) is 0. The van der Waals surface area contributed by atoms with Crippen molar-refractivity contribution < 1.29 is 60.3 Å². The second kappa shape index (κ2) is 19.5. The Kier molecular flexibility index (Phi) is 18.3. The molecule has 33 heavy (non-hydrogen) atoms. The topological polar surface area (TPSA) is 0 Å². The Morgan fingerprint density at radius 3 is 0.606 bits per heavy atom. The standard InChI is InChI=1S/2C10H8.2C5H5.2Fe.Zr/c2*1-2-6-9(5-1)10-7-3-4-8-10;2*1-2-4-5-3-1;;;/h2*1-8H;2*1-5H;;;/q2*-2;2*-1;3*+2. The molecule has 0 bridgehead atoms. The van der Waals surface area contributed by atoms with Crippen molar-refractivity contribution in [3.63, 3.8) is 0 Å². The molecule has 0 aliphatic carbocycles. The van der Waals surface area contributed by atoms with Gasteiger partial charge in [-0.15, -0.1) is 0 Å². The summed E-state index contributed by atoms with van der Waals surface area (Å²) in [6.07, 6.45) is 0. The summed E-state index contributed by atoms with van der Waals surface area (Å²) in [5.41, 5.74) is 5.24. The molecule has 0 radical (unpaired) electrons. The van der Waals surface area contributed by atoms with Crippen molar-refractivity contribution >= 4 is 0 Å². The first-order valence-corrected chi connectivity index (χ1v) is 10.1. The molecule has 0 unspecified atom stereocenters.